The highest BCUT2D eigenvalue weighted by atomic mass is 16.5. The summed E-state index contributed by atoms with van der Waals surface area (Å²) in [7, 11) is 1.58. The first kappa shape index (κ1) is 20.9. The van der Waals surface area contributed by atoms with E-state index in [0.29, 0.717) is 29.3 Å². The fourth-order valence-corrected chi connectivity index (χ4v) is 2.79. The fourth-order valence-electron chi connectivity index (χ4n) is 2.79. The highest BCUT2D eigenvalue weighted by Crippen LogP contribution is 2.21. The van der Waals surface area contributed by atoms with Gasteiger partial charge in [0.05, 0.1) is 12.7 Å². The number of hydrogen-bond acceptors (Lipinski definition) is 4. The lowest BCUT2D eigenvalue weighted by atomic mass is 10.1. The Bertz CT molecular complexity index is 988. The molecule has 2 amide bonds. The molecule has 30 heavy (non-hydrogen) atoms. The van der Waals surface area contributed by atoms with Gasteiger partial charge in [0.15, 0.2) is 6.10 Å². The third-order valence-corrected chi connectivity index (χ3v) is 4.46. The molecule has 154 valence electrons. The predicted molar refractivity (Wildman–Crippen MR) is 116 cm³/mol. The number of amides is 2. The van der Waals surface area contributed by atoms with Gasteiger partial charge < -0.3 is 20.1 Å². The predicted octanol–water partition coefficient (Wildman–Crippen LogP) is 4.03. The SMILES string of the molecule is COc1ccc(NC(=O)[C@H](C)Oc2ccccc2C(=O)NCc2ccccc2)cc1. The van der Waals surface area contributed by atoms with Crippen LogP contribution in [0, 0.1) is 0 Å². The summed E-state index contributed by atoms with van der Waals surface area (Å²) in [4.78, 5) is 25.1. The number of para-hydroxylation sites is 1. The normalized spacial score (nSPS) is 11.3. The standard InChI is InChI=1S/C24H24N2O4/c1-17(23(27)26-19-12-14-20(29-2)15-13-19)30-22-11-7-6-10-21(22)24(28)25-16-18-8-4-3-5-9-18/h3-15,17H,16H2,1-2H3,(H,25,28)(H,26,27)/t17-/m0/s1. The molecule has 0 fully saturated rings. The Morgan fingerprint density at radius 3 is 2.27 bits per heavy atom. The molecule has 0 saturated heterocycles. The van der Waals surface area contributed by atoms with E-state index in [4.69, 9.17) is 9.47 Å². The minimum Gasteiger partial charge on any atom is -0.497 e. The maximum Gasteiger partial charge on any atom is 0.265 e. The van der Waals surface area contributed by atoms with Crippen LogP contribution in [-0.2, 0) is 11.3 Å². The van der Waals surface area contributed by atoms with Crippen molar-refractivity contribution in [3.05, 3.63) is 90.0 Å². The van der Waals surface area contributed by atoms with Crippen molar-refractivity contribution in [3.63, 3.8) is 0 Å². The van der Waals surface area contributed by atoms with Crippen molar-refractivity contribution < 1.29 is 19.1 Å². The van der Waals surface area contributed by atoms with E-state index in [9.17, 15) is 9.59 Å². The van der Waals surface area contributed by atoms with Gasteiger partial charge in [-0.25, -0.2) is 0 Å². The van der Waals surface area contributed by atoms with Crippen molar-refractivity contribution in [2.24, 2.45) is 0 Å². The molecule has 2 N–H and O–H groups in total. The van der Waals surface area contributed by atoms with Crippen molar-refractivity contribution in [2.75, 3.05) is 12.4 Å². The monoisotopic (exact) mass is 404 g/mol. The number of nitrogens with one attached hydrogen (secondary N) is 2. The van der Waals surface area contributed by atoms with Crippen LogP contribution in [0.5, 0.6) is 11.5 Å². The summed E-state index contributed by atoms with van der Waals surface area (Å²) >= 11 is 0. The first-order valence-corrected chi connectivity index (χ1v) is 9.59. The highest BCUT2D eigenvalue weighted by Gasteiger charge is 2.19. The van der Waals surface area contributed by atoms with E-state index in [1.807, 2.05) is 30.3 Å². The number of anilines is 1. The molecular formula is C24H24N2O4. The number of ether oxygens (including phenoxy) is 2. The van der Waals surface area contributed by atoms with Crippen molar-refractivity contribution >= 4 is 17.5 Å². The lowest BCUT2D eigenvalue weighted by Gasteiger charge is -2.17. The number of rotatable bonds is 8. The highest BCUT2D eigenvalue weighted by molar-refractivity contribution is 5.97. The minimum atomic E-state index is -0.796. The Balaban J connectivity index is 1.62. The Kier molecular flexibility index (Phi) is 7.05. The van der Waals surface area contributed by atoms with E-state index in [1.165, 1.54) is 0 Å². The molecule has 3 aromatic rings. The van der Waals surface area contributed by atoms with Gasteiger partial charge in [-0.1, -0.05) is 42.5 Å². The van der Waals surface area contributed by atoms with Gasteiger partial charge in [0.1, 0.15) is 11.5 Å². The zero-order chi connectivity index (χ0) is 21.3. The number of carbonyl (C=O) groups excluding carboxylic acids is 2. The van der Waals surface area contributed by atoms with Crippen molar-refractivity contribution in [1.82, 2.24) is 5.32 Å². The molecule has 0 aliphatic carbocycles. The lowest BCUT2D eigenvalue weighted by Crippen LogP contribution is -2.31. The van der Waals surface area contributed by atoms with Crippen LogP contribution in [0.1, 0.15) is 22.8 Å². The van der Waals surface area contributed by atoms with Crippen LogP contribution in [-0.4, -0.2) is 25.0 Å². The lowest BCUT2D eigenvalue weighted by molar-refractivity contribution is -0.122. The molecule has 0 aliphatic rings. The van der Waals surface area contributed by atoms with Crippen LogP contribution >= 0.6 is 0 Å². The van der Waals surface area contributed by atoms with E-state index in [1.54, 1.807) is 62.6 Å². The average Bonchev–Trinajstić information content (AvgIpc) is 2.79. The second kappa shape index (κ2) is 10.1. The van der Waals surface area contributed by atoms with Crippen molar-refractivity contribution in [2.45, 2.75) is 19.6 Å². The van der Waals surface area contributed by atoms with Gasteiger partial charge in [-0.15, -0.1) is 0 Å². The molecule has 0 radical (unpaired) electrons. The maximum atomic E-state index is 12.6. The third kappa shape index (κ3) is 5.61. The molecule has 0 aliphatic heterocycles. The van der Waals surface area contributed by atoms with E-state index >= 15 is 0 Å². The van der Waals surface area contributed by atoms with Gasteiger partial charge in [-0.2, -0.15) is 0 Å². The molecule has 3 rings (SSSR count). The largest absolute Gasteiger partial charge is 0.497 e. The average molecular weight is 404 g/mol. The molecule has 0 bridgehead atoms. The maximum absolute atomic E-state index is 12.6. The Labute approximate surface area is 175 Å². The summed E-state index contributed by atoms with van der Waals surface area (Å²) in [6, 6.07) is 23.5. The zero-order valence-electron chi connectivity index (χ0n) is 16.9. The van der Waals surface area contributed by atoms with Crippen LogP contribution in [0.3, 0.4) is 0 Å². The van der Waals surface area contributed by atoms with Crippen molar-refractivity contribution in [3.8, 4) is 11.5 Å². The zero-order valence-corrected chi connectivity index (χ0v) is 16.9. The Hall–Kier alpha value is -3.80. The molecule has 3 aromatic carbocycles. The quantitative estimate of drug-likeness (QED) is 0.594. The van der Waals surface area contributed by atoms with Gasteiger partial charge in [0.25, 0.3) is 11.8 Å². The molecule has 0 unspecified atom stereocenters. The third-order valence-electron chi connectivity index (χ3n) is 4.46. The van der Waals surface area contributed by atoms with Gasteiger partial charge in [0.2, 0.25) is 0 Å². The molecule has 6 heteroatoms. The first-order valence-electron chi connectivity index (χ1n) is 9.59. The Morgan fingerprint density at radius 2 is 1.57 bits per heavy atom. The molecule has 0 heterocycles. The second-order valence-corrected chi connectivity index (χ2v) is 6.64. The first-order chi connectivity index (χ1) is 14.6. The van der Waals surface area contributed by atoms with Crippen molar-refractivity contribution in [1.29, 1.82) is 0 Å². The van der Waals surface area contributed by atoms with E-state index in [2.05, 4.69) is 10.6 Å². The molecule has 0 saturated carbocycles. The number of hydrogen-bond donors (Lipinski definition) is 2. The van der Waals surface area contributed by atoms with Crippen LogP contribution < -0.4 is 20.1 Å². The van der Waals surface area contributed by atoms with Gasteiger partial charge in [0, 0.05) is 12.2 Å². The van der Waals surface area contributed by atoms with Crippen LogP contribution in [0.15, 0.2) is 78.9 Å². The van der Waals surface area contributed by atoms with Crippen LogP contribution in [0.2, 0.25) is 0 Å². The summed E-state index contributed by atoms with van der Waals surface area (Å²) in [5, 5.41) is 5.67. The molecule has 0 spiro atoms. The summed E-state index contributed by atoms with van der Waals surface area (Å²) in [6.45, 7) is 2.04. The topological polar surface area (TPSA) is 76.7 Å². The second-order valence-electron chi connectivity index (χ2n) is 6.64. The summed E-state index contributed by atoms with van der Waals surface area (Å²) in [6.07, 6.45) is -0.796. The molecule has 1 atom stereocenters. The molecule has 6 nitrogen and oxygen atoms in total. The van der Waals surface area contributed by atoms with Gasteiger partial charge >= 0.3 is 0 Å². The van der Waals surface area contributed by atoms with Crippen LogP contribution in [0.25, 0.3) is 0 Å². The van der Waals surface area contributed by atoms with Crippen LogP contribution in [0.4, 0.5) is 5.69 Å². The molecular weight excluding hydrogens is 380 g/mol. The fraction of sp³-hybridized carbons (Fsp3) is 0.167. The smallest absolute Gasteiger partial charge is 0.265 e. The Morgan fingerprint density at radius 1 is 0.900 bits per heavy atom. The van der Waals surface area contributed by atoms with E-state index in [-0.39, 0.29) is 11.8 Å². The number of methoxy groups -OCH3 is 1. The van der Waals surface area contributed by atoms with Gasteiger partial charge in [-0.05, 0) is 48.9 Å². The summed E-state index contributed by atoms with van der Waals surface area (Å²) in [5.74, 6) is 0.463. The number of benzene rings is 3. The molecule has 0 aromatic heterocycles. The van der Waals surface area contributed by atoms with Gasteiger partial charge in [-0.3, -0.25) is 9.59 Å². The number of carbonyl (C=O) groups is 2. The minimum absolute atomic E-state index is 0.266. The summed E-state index contributed by atoms with van der Waals surface area (Å²) in [5.41, 5.74) is 2.00. The van der Waals surface area contributed by atoms with E-state index < -0.39 is 6.10 Å². The van der Waals surface area contributed by atoms with E-state index in [0.717, 1.165) is 5.56 Å². The summed E-state index contributed by atoms with van der Waals surface area (Å²) < 4.78 is 10.9.